The van der Waals surface area contributed by atoms with Gasteiger partial charge in [0.05, 0.1) is 43.1 Å². The number of aliphatic hydroxyl groups excluding tert-OH is 1. The van der Waals surface area contributed by atoms with Crippen molar-refractivity contribution in [2.75, 3.05) is 68.6 Å². The molecule has 4 heterocycles. The van der Waals surface area contributed by atoms with Crippen LogP contribution in [0.5, 0.6) is 5.75 Å². The van der Waals surface area contributed by atoms with Gasteiger partial charge in [-0.2, -0.15) is 0 Å². The fourth-order valence-electron chi connectivity index (χ4n) is 6.33. The quantitative estimate of drug-likeness (QED) is 0.187. The molecule has 0 bridgehead atoms. The van der Waals surface area contributed by atoms with Gasteiger partial charge in [-0.25, -0.2) is 9.37 Å². The Morgan fingerprint density at radius 3 is 2.56 bits per heavy atom. The van der Waals surface area contributed by atoms with Crippen LogP contribution in [0.15, 0.2) is 67.4 Å². The summed E-state index contributed by atoms with van der Waals surface area (Å²) < 4.78 is 27.0. The van der Waals surface area contributed by atoms with Gasteiger partial charge in [-0.05, 0) is 61.7 Å². The number of aryl methyl sites for hydroxylation is 1. The molecule has 0 saturated carbocycles. The van der Waals surface area contributed by atoms with Crippen molar-refractivity contribution in [3.63, 3.8) is 0 Å². The van der Waals surface area contributed by atoms with Crippen molar-refractivity contribution < 1.29 is 23.8 Å². The van der Waals surface area contributed by atoms with E-state index in [2.05, 4.69) is 42.2 Å². The predicted octanol–water partition coefficient (Wildman–Crippen LogP) is 4.57. The molecule has 0 atom stereocenters. The van der Waals surface area contributed by atoms with Crippen molar-refractivity contribution in [2.24, 2.45) is 0 Å². The fraction of sp³-hybridized carbons (Fsp3) is 0.371. The summed E-state index contributed by atoms with van der Waals surface area (Å²) in [5.74, 6) is 1.62. The molecule has 2 aromatic heterocycles. The Balaban J connectivity index is 1.30. The number of carbonyl (C=O) groups is 1. The molecule has 2 saturated heterocycles. The average Bonchev–Trinajstić information content (AvgIpc) is 3.55. The van der Waals surface area contributed by atoms with Crippen LogP contribution < -0.4 is 20.3 Å². The minimum absolute atomic E-state index is 0.00822. The lowest BCUT2D eigenvalue weighted by Gasteiger charge is -2.41. The van der Waals surface area contributed by atoms with Gasteiger partial charge in [0.1, 0.15) is 23.2 Å². The summed E-state index contributed by atoms with van der Waals surface area (Å²) >= 11 is 0. The molecule has 0 radical (unpaired) electrons. The van der Waals surface area contributed by atoms with E-state index >= 15 is 0 Å². The van der Waals surface area contributed by atoms with Gasteiger partial charge >= 0.3 is 0 Å². The van der Waals surface area contributed by atoms with Gasteiger partial charge in [-0.15, -0.1) is 10.2 Å². The molecule has 2 fully saturated rings. The Kier molecular flexibility index (Phi) is 10.6. The SMILES string of the molecule is C=CC(=O)Nc1cc(Nc2cc(-n3c(CCCO)nnc3-c3ccc(F)cc3)ccn2)c(OC)cc1N1CCC(N2CCOCC2)CC1. The van der Waals surface area contributed by atoms with Gasteiger partial charge in [0.25, 0.3) is 0 Å². The maximum Gasteiger partial charge on any atom is 0.247 e. The monoisotopic (exact) mass is 656 g/mol. The molecule has 252 valence electrons. The number of aliphatic hydroxyl groups is 1. The number of amides is 1. The van der Waals surface area contributed by atoms with Crippen molar-refractivity contribution >= 4 is 28.8 Å². The lowest BCUT2D eigenvalue weighted by molar-refractivity contribution is -0.111. The number of aromatic nitrogens is 4. The number of halogens is 1. The third-order valence-corrected chi connectivity index (χ3v) is 8.78. The number of benzene rings is 2. The van der Waals surface area contributed by atoms with E-state index in [0.717, 1.165) is 63.6 Å². The maximum absolute atomic E-state index is 13.7. The van der Waals surface area contributed by atoms with Crippen molar-refractivity contribution in [2.45, 2.75) is 31.7 Å². The Morgan fingerprint density at radius 2 is 1.85 bits per heavy atom. The fourth-order valence-corrected chi connectivity index (χ4v) is 6.33. The second-order valence-corrected chi connectivity index (χ2v) is 11.8. The summed E-state index contributed by atoms with van der Waals surface area (Å²) in [5.41, 5.74) is 3.53. The highest BCUT2D eigenvalue weighted by atomic mass is 19.1. The number of carbonyl (C=O) groups excluding carboxylic acids is 1. The number of nitrogens with zero attached hydrogens (tertiary/aromatic N) is 6. The van der Waals surface area contributed by atoms with Crippen LogP contribution in [0, 0.1) is 5.82 Å². The number of rotatable bonds is 12. The number of hydrogen-bond donors (Lipinski definition) is 3. The summed E-state index contributed by atoms with van der Waals surface area (Å²) in [5, 5.41) is 24.6. The Hall–Kier alpha value is -4.85. The van der Waals surface area contributed by atoms with Gasteiger partial charge in [0.2, 0.25) is 5.91 Å². The van der Waals surface area contributed by atoms with Gasteiger partial charge in [0.15, 0.2) is 5.82 Å². The van der Waals surface area contributed by atoms with E-state index in [4.69, 9.17) is 9.47 Å². The topological polar surface area (TPSA) is 130 Å². The van der Waals surface area contributed by atoms with Crippen LogP contribution in [0.25, 0.3) is 17.1 Å². The van der Waals surface area contributed by atoms with Gasteiger partial charge in [-0.1, -0.05) is 6.58 Å². The largest absolute Gasteiger partial charge is 0.494 e. The first-order chi connectivity index (χ1) is 23.5. The van der Waals surface area contributed by atoms with E-state index in [1.807, 2.05) is 28.8 Å². The minimum Gasteiger partial charge on any atom is -0.494 e. The molecule has 2 aromatic carbocycles. The molecular weight excluding hydrogens is 615 g/mol. The number of nitrogens with one attached hydrogen (secondary N) is 2. The maximum atomic E-state index is 13.7. The van der Waals surface area contributed by atoms with Gasteiger partial charge in [0, 0.05) is 69.1 Å². The van der Waals surface area contributed by atoms with Crippen LogP contribution in [-0.2, 0) is 16.0 Å². The number of ether oxygens (including phenoxy) is 2. The molecule has 0 unspecified atom stereocenters. The van der Waals surface area contributed by atoms with Crippen molar-refractivity contribution in [3.8, 4) is 22.8 Å². The molecular formula is C35H41FN8O4. The van der Waals surface area contributed by atoms with Crippen molar-refractivity contribution in [1.29, 1.82) is 0 Å². The molecule has 2 aliphatic rings. The third-order valence-electron chi connectivity index (χ3n) is 8.78. The van der Waals surface area contributed by atoms with E-state index in [9.17, 15) is 14.3 Å². The number of anilines is 4. The summed E-state index contributed by atoms with van der Waals surface area (Å²) in [6.07, 6.45) is 5.94. The van der Waals surface area contributed by atoms with Crippen LogP contribution in [-0.4, -0.2) is 94.8 Å². The van der Waals surface area contributed by atoms with Crippen LogP contribution in [0.1, 0.15) is 25.1 Å². The number of piperidine rings is 1. The van der Waals surface area contributed by atoms with Crippen LogP contribution in [0.4, 0.5) is 27.3 Å². The highest BCUT2D eigenvalue weighted by molar-refractivity contribution is 6.02. The zero-order valence-corrected chi connectivity index (χ0v) is 27.1. The number of pyridine rings is 1. The molecule has 2 aliphatic heterocycles. The lowest BCUT2D eigenvalue weighted by Crippen LogP contribution is -2.49. The number of methoxy groups -OCH3 is 1. The molecule has 48 heavy (non-hydrogen) atoms. The molecule has 1 amide bonds. The van der Waals surface area contributed by atoms with E-state index in [1.165, 1.54) is 18.2 Å². The number of hydrogen-bond acceptors (Lipinski definition) is 10. The third kappa shape index (κ3) is 7.48. The summed E-state index contributed by atoms with van der Waals surface area (Å²) in [4.78, 5) is 21.9. The van der Waals surface area contributed by atoms with Gasteiger partial charge < -0.3 is 30.1 Å². The first-order valence-electron chi connectivity index (χ1n) is 16.2. The zero-order valence-electron chi connectivity index (χ0n) is 27.1. The minimum atomic E-state index is -0.346. The molecule has 13 heteroatoms. The average molecular weight is 657 g/mol. The van der Waals surface area contributed by atoms with Crippen LogP contribution in [0.2, 0.25) is 0 Å². The van der Waals surface area contributed by atoms with E-state index in [-0.39, 0.29) is 18.3 Å². The summed E-state index contributed by atoms with van der Waals surface area (Å²) in [7, 11) is 1.61. The summed E-state index contributed by atoms with van der Waals surface area (Å²) in [6, 6.07) is 14.1. The second-order valence-electron chi connectivity index (χ2n) is 11.8. The van der Waals surface area contributed by atoms with Crippen LogP contribution >= 0.6 is 0 Å². The molecule has 0 spiro atoms. The van der Waals surface area contributed by atoms with Gasteiger partial charge in [-0.3, -0.25) is 14.3 Å². The normalized spacial score (nSPS) is 15.7. The molecule has 6 rings (SSSR count). The highest BCUT2D eigenvalue weighted by Crippen LogP contribution is 2.40. The first kappa shape index (κ1) is 33.1. The standard InChI is InChI=1S/C35H41FN8O4/c1-3-34(46)39-28-22-29(31(47-2)23-30(28)43-14-11-26(12-15-43)42-16-19-48-20-17-42)38-32-21-27(10-13-37-32)44-33(5-4-18-45)40-41-35(44)24-6-8-25(36)9-7-24/h3,6-10,13,21-23,26,45H,1,4-5,11-12,14-20H2,2H3,(H,37,38)(H,39,46). The Labute approximate surface area is 279 Å². The zero-order chi connectivity index (χ0) is 33.5. The lowest BCUT2D eigenvalue weighted by atomic mass is 10.0. The van der Waals surface area contributed by atoms with E-state index in [1.54, 1.807) is 25.4 Å². The molecule has 12 nitrogen and oxygen atoms in total. The molecule has 3 N–H and O–H groups in total. The smallest absolute Gasteiger partial charge is 0.247 e. The van der Waals surface area contributed by atoms with Crippen molar-refractivity contribution in [1.82, 2.24) is 24.6 Å². The van der Waals surface area contributed by atoms with E-state index in [0.29, 0.717) is 59.0 Å². The Morgan fingerprint density at radius 1 is 1.08 bits per heavy atom. The van der Waals surface area contributed by atoms with Crippen molar-refractivity contribution in [3.05, 3.63) is 79.0 Å². The predicted molar refractivity (Wildman–Crippen MR) is 183 cm³/mol. The Bertz CT molecular complexity index is 1720. The first-order valence-corrected chi connectivity index (χ1v) is 16.2. The second kappa shape index (κ2) is 15.4. The number of morpholine rings is 1. The molecule has 4 aromatic rings. The summed E-state index contributed by atoms with van der Waals surface area (Å²) in [6.45, 7) is 8.81. The molecule has 0 aliphatic carbocycles. The highest BCUT2D eigenvalue weighted by Gasteiger charge is 2.28. The van der Waals surface area contributed by atoms with Crippen LogP contribution in [0.3, 0.4) is 0 Å². The van der Waals surface area contributed by atoms with E-state index < -0.39 is 0 Å².